The molecule has 2 aromatic rings. The maximum Gasteiger partial charge on any atom is 0.222 e. The Labute approximate surface area is 150 Å². The Kier molecular flexibility index (Phi) is 5.64. The number of amides is 1. The molecule has 26 heavy (non-hydrogen) atoms. The second-order valence-corrected chi connectivity index (χ2v) is 6.34. The topological polar surface area (TPSA) is 134 Å². The molecule has 0 saturated heterocycles. The highest BCUT2D eigenvalue weighted by molar-refractivity contribution is 5.82. The summed E-state index contributed by atoms with van der Waals surface area (Å²) in [5, 5.41) is 26.8. The van der Waals surface area contributed by atoms with Gasteiger partial charge in [-0.05, 0) is 12.8 Å². The number of nitrogens with one attached hydrogen (secondary N) is 2. The third-order valence-electron chi connectivity index (χ3n) is 4.76. The molecule has 0 unspecified atom stereocenters. The van der Waals surface area contributed by atoms with Gasteiger partial charge in [-0.25, -0.2) is 15.0 Å². The van der Waals surface area contributed by atoms with Crippen molar-refractivity contribution in [3.05, 3.63) is 12.7 Å². The number of fused-ring (bicyclic) bond motifs is 1. The Balaban J connectivity index is 1.75. The summed E-state index contributed by atoms with van der Waals surface area (Å²) in [7, 11) is 3.27. The van der Waals surface area contributed by atoms with Crippen LogP contribution in [0.3, 0.4) is 0 Å². The van der Waals surface area contributed by atoms with E-state index < -0.39 is 18.2 Å². The van der Waals surface area contributed by atoms with Gasteiger partial charge >= 0.3 is 0 Å². The molecular formula is C16H24N6O4. The van der Waals surface area contributed by atoms with E-state index in [1.165, 1.54) is 13.4 Å². The zero-order valence-corrected chi connectivity index (χ0v) is 14.8. The Bertz CT molecular complexity index is 766. The fraction of sp³-hybridized carbons (Fsp3) is 0.625. The fourth-order valence-electron chi connectivity index (χ4n) is 3.37. The summed E-state index contributed by atoms with van der Waals surface area (Å²) in [5.74, 6) is 0.393. The molecule has 0 aliphatic heterocycles. The molecule has 0 radical (unpaired) electrons. The monoisotopic (exact) mass is 364 g/mol. The van der Waals surface area contributed by atoms with Gasteiger partial charge in [0.25, 0.3) is 0 Å². The van der Waals surface area contributed by atoms with Crippen LogP contribution >= 0.6 is 0 Å². The van der Waals surface area contributed by atoms with Crippen LogP contribution in [0.2, 0.25) is 0 Å². The number of aromatic nitrogens is 4. The van der Waals surface area contributed by atoms with Crippen LogP contribution in [0.5, 0.6) is 0 Å². The molecule has 4 atom stereocenters. The van der Waals surface area contributed by atoms with Crippen molar-refractivity contribution in [3.63, 3.8) is 0 Å². The third-order valence-corrected chi connectivity index (χ3v) is 4.76. The van der Waals surface area contributed by atoms with Crippen LogP contribution in [0.15, 0.2) is 12.7 Å². The lowest BCUT2D eigenvalue weighted by Crippen LogP contribution is -2.54. The maximum atomic E-state index is 11.9. The number of nitrogens with zero attached hydrogens (tertiary/aromatic N) is 4. The minimum Gasteiger partial charge on any atom is -0.388 e. The zero-order chi connectivity index (χ0) is 18.7. The van der Waals surface area contributed by atoms with Gasteiger partial charge < -0.3 is 30.2 Å². The number of imidazole rings is 1. The first-order chi connectivity index (χ1) is 12.6. The molecule has 1 aliphatic carbocycles. The van der Waals surface area contributed by atoms with Crippen molar-refractivity contribution in [1.29, 1.82) is 0 Å². The van der Waals surface area contributed by atoms with E-state index in [0.29, 0.717) is 36.4 Å². The van der Waals surface area contributed by atoms with Crippen molar-refractivity contribution in [3.8, 4) is 0 Å². The predicted octanol–water partition coefficient (Wildman–Crippen LogP) is -0.554. The summed E-state index contributed by atoms with van der Waals surface area (Å²) in [6.07, 6.45) is 2.21. The summed E-state index contributed by atoms with van der Waals surface area (Å²) in [4.78, 5) is 24.6. The van der Waals surface area contributed by atoms with Crippen LogP contribution in [0.25, 0.3) is 11.2 Å². The molecule has 142 valence electrons. The van der Waals surface area contributed by atoms with Crippen LogP contribution in [0.4, 0.5) is 5.82 Å². The van der Waals surface area contributed by atoms with E-state index >= 15 is 0 Å². The van der Waals surface area contributed by atoms with Gasteiger partial charge in [0.2, 0.25) is 5.91 Å². The van der Waals surface area contributed by atoms with E-state index in [1.807, 2.05) is 0 Å². The van der Waals surface area contributed by atoms with E-state index in [1.54, 1.807) is 17.9 Å². The van der Waals surface area contributed by atoms with Crippen LogP contribution in [-0.2, 0) is 9.53 Å². The summed E-state index contributed by atoms with van der Waals surface area (Å²) < 4.78 is 6.63. The standard InChI is InChI=1S/C16H24N6O4/c1-17-15-12-16(19-7-18-15)22(8-20-12)10-4-3-9(13(24)14(10)25)21-11(23)5-6-26-2/h7-10,13-14,24-25H,3-6H2,1-2H3,(H,21,23)(H,17,18,19)/t9-,10-,13-,14-/m1/s1. The van der Waals surface area contributed by atoms with Crippen molar-refractivity contribution < 1.29 is 19.7 Å². The normalized spacial score (nSPS) is 26.0. The molecule has 1 saturated carbocycles. The van der Waals surface area contributed by atoms with Gasteiger partial charge in [-0.1, -0.05) is 0 Å². The number of aliphatic hydroxyl groups excluding tert-OH is 2. The van der Waals surface area contributed by atoms with Gasteiger partial charge in [-0.15, -0.1) is 0 Å². The molecule has 0 spiro atoms. The van der Waals surface area contributed by atoms with Crippen molar-refractivity contribution in [2.75, 3.05) is 26.1 Å². The average molecular weight is 364 g/mol. The molecular weight excluding hydrogens is 340 g/mol. The van der Waals surface area contributed by atoms with Crippen LogP contribution in [0.1, 0.15) is 25.3 Å². The number of hydrogen-bond acceptors (Lipinski definition) is 8. The lowest BCUT2D eigenvalue weighted by molar-refractivity contribution is -0.126. The van der Waals surface area contributed by atoms with Crippen LogP contribution in [-0.4, -0.2) is 74.7 Å². The number of hydrogen-bond donors (Lipinski definition) is 4. The number of ether oxygens (including phenoxy) is 1. The van der Waals surface area contributed by atoms with Crippen molar-refractivity contribution in [2.24, 2.45) is 0 Å². The van der Waals surface area contributed by atoms with Crippen LogP contribution in [0, 0.1) is 0 Å². The second kappa shape index (κ2) is 7.94. The van der Waals surface area contributed by atoms with Gasteiger partial charge in [0.05, 0.1) is 25.0 Å². The van der Waals surface area contributed by atoms with E-state index in [4.69, 9.17) is 4.74 Å². The first kappa shape index (κ1) is 18.5. The minimum atomic E-state index is -1.08. The summed E-state index contributed by atoms with van der Waals surface area (Å²) >= 11 is 0. The molecule has 4 N–H and O–H groups in total. The number of carbonyl (C=O) groups excluding carboxylic acids is 1. The molecule has 3 rings (SSSR count). The van der Waals surface area contributed by atoms with E-state index in [2.05, 4.69) is 25.6 Å². The van der Waals surface area contributed by atoms with Gasteiger partial charge in [-0.2, -0.15) is 0 Å². The minimum absolute atomic E-state index is 0.207. The number of carbonyl (C=O) groups is 1. The molecule has 2 heterocycles. The number of methoxy groups -OCH3 is 1. The number of rotatable bonds is 6. The largest absolute Gasteiger partial charge is 0.388 e. The lowest BCUT2D eigenvalue weighted by Gasteiger charge is -2.38. The Morgan fingerprint density at radius 3 is 2.85 bits per heavy atom. The second-order valence-electron chi connectivity index (χ2n) is 6.34. The van der Waals surface area contributed by atoms with Crippen molar-refractivity contribution >= 4 is 22.9 Å². The Hall–Kier alpha value is -2.30. The molecule has 0 bridgehead atoms. The van der Waals surface area contributed by atoms with E-state index in [9.17, 15) is 15.0 Å². The summed E-state index contributed by atoms with van der Waals surface area (Å²) in [6, 6.07) is -0.885. The fourth-order valence-corrected chi connectivity index (χ4v) is 3.37. The van der Waals surface area contributed by atoms with Crippen molar-refractivity contribution in [2.45, 2.75) is 43.6 Å². The smallest absolute Gasteiger partial charge is 0.222 e. The first-order valence-corrected chi connectivity index (χ1v) is 8.56. The van der Waals surface area contributed by atoms with E-state index in [0.717, 1.165) is 0 Å². The lowest BCUT2D eigenvalue weighted by atomic mass is 9.85. The highest BCUT2D eigenvalue weighted by atomic mass is 16.5. The highest BCUT2D eigenvalue weighted by Crippen LogP contribution is 2.32. The average Bonchev–Trinajstić information content (AvgIpc) is 3.08. The SMILES string of the molecule is CNc1ncnc2c1ncn2[C@@H]1CC[C@@H](NC(=O)CCOC)[C@@H](O)[C@@H]1O. The molecule has 0 aromatic carbocycles. The first-order valence-electron chi connectivity index (χ1n) is 8.56. The van der Waals surface area contributed by atoms with Crippen molar-refractivity contribution in [1.82, 2.24) is 24.8 Å². The maximum absolute atomic E-state index is 11.9. The molecule has 10 heteroatoms. The van der Waals surface area contributed by atoms with Gasteiger partial charge in [0.15, 0.2) is 11.5 Å². The Morgan fingerprint density at radius 2 is 2.12 bits per heavy atom. The molecule has 2 aromatic heterocycles. The van der Waals surface area contributed by atoms with Gasteiger partial charge in [0.1, 0.15) is 24.1 Å². The molecule has 1 fully saturated rings. The summed E-state index contributed by atoms with van der Waals surface area (Å²) in [5.41, 5.74) is 1.19. The van der Waals surface area contributed by atoms with E-state index in [-0.39, 0.29) is 18.4 Å². The van der Waals surface area contributed by atoms with Crippen LogP contribution < -0.4 is 10.6 Å². The van der Waals surface area contributed by atoms with Gasteiger partial charge in [-0.3, -0.25) is 4.79 Å². The van der Waals surface area contributed by atoms with Gasteiger partial charge in [0, 0.05) is 20.6 Å². The highest BCUT2D eigenvalue weighted by Gasteiger charge is 2.39. The molecule has 1 amide bonds. The number of aliphatic hydroxyl groups is 2. The molecule has 10 nitrogen and oxygen atoms in total. The third kappa shape index (κ3) is 3.48. The molecule has 1 aliphatic rings. The predicted molar refractivity (Wildman–Crippen MR) is 93.6 cm³/mol. The Morgan fingerprint density at radius 1 is 1.31 bits per heavy atom. The quantitative estimate of drug-likeness (QED) is 0.536. The zero-order valence-electron chi connectivity index (χ0n) is 14.8. The number of anilines is 1. The summed E-state index contributed by atoms with van der Waals surface area (Å²) in [6.45, 7) is 0.314.